The number of hydrogen-bond acceptors (Lipinski definition) is 5. The number of H-pyrrole nitrogens is 2. The minimum Gasteiger partial charge on any atom is -0.307 e. The van der Waals surface area contributed by atoms with E-state index in [-0.39, 0.29) is 46.0 Å². The Labute approximate surface area is 142 Å². The van der Waals surface area contributed by atoms with Crippen molar-refractivity contribution in [3.63, 3.8) is 0 Å². The van der Waals surface area contributed by atoms with Gasteiger partial charge in [-0.05, 0) is 31.0 Å². The first kappa shape index (κ1) is 16.2. The monoisotopic (exact) mass is 363 g/mol. The Kier molecular flexibility index (Phi) is 3.48. The lowest BCUT2D eigenvalue weighted by molar-refractivity contribution is -0.126. The van der Waals surface area contributed by atoms with Crippen LogP contribution in [-0.4, -0.2) is 40.6 Å². The second kappa shape index (κ2) is 5.37. The van der Waals surface area contributed by atoms with Crippen LogP contribution in [0.25, 0.3) is 10.9 Å². The molecule has 4 rings (SSSR count). The zero-order valence-corrected chi connectivity index (χ0v) is 14.3. The number of rotatable bonds is 2. The first-order valence-corrected chi connectivity index (χ1v) is 9.55. The molecule has 3 unspecified atom stereocenters. The number of piperidine rings is 1. The van der Waals surface area contributed by atoms with Gasteiger partial charge in [0.05, 0.1) is 15.8 Å². The highest BCUT2D eigenvalue weighted by molar-refractivity contribution is 7.89. The third-order valence-electron chi connectivity index (χ3n) is 5.29. The highest BCUT2D eigenvalue weighted by Gasteiger charge is 2.50. The van der Waals surface area contributed by atoms with Crippen LogP contribution in [0, 0.1) is 5.92 Å². The van der Waals surface area contributed by atoms with E-state index in [0.717, 1.165) is 0 Å². The quantitative estimate of drug-likeness (QED) is 0.797. The molecule has 2 saturated heterocycles. The third-order valence-corrected chi connectivity index (χ3v) is 7.26. The SMILES string of the molecule is CC1C(=O)CC2CCC1N2S(=O)(=O)c1ccc2[nH]c(=O)[nH]c(=O)c2c1. The maximum atomic E-state index is 13.2. The van der Waals surface area contributed by atoms with Crippen LogP contribution in [0.4, 0.5) is 0 Å². The van der Waals surface area contributed by atoms with Gasteiger partial charge in [-0.1, -0.05) is 6.92 Å². The van der Waals surface area contributed by atoms with Gasteiger partial charge in [-0.25, -0.2) is 13.2 Å². The number of nitrogens with one attached hydrogen (secondary N) is 2. The molecule has 132 valence electrons. The largest absolute Gasteiger partial charge is 0.326 e. The molecule has 1 aromatic heterocycles. The van der Waals surface area contributed by atoms with E-state index in [1.54, 1.807) is 6.92 Å². The van der Waals surface area contributed by atoms with Crippen LogP contribution in [0.5, 0.6) is 0 Å². The van der Waals surface area contributed by atoms with E-state index in [1.807, 2.05) is 0 Å². The summed E-state index contributed by atoms with van der Waals surface area (Å²) in [6, 6.07) is 3.43. The van der Waals surface area contributed by atoms with Crippen LogP contribution in [0.3, 0.4) is 0 Å². The van der Waals surface area contributed by atoms with Crippen molar-refractivity contribution in [3.8, 4) is 0 Å². The summed E-state index contributed by atoms with van der Waals surface area (Å²) in [5.41, 5.74) is -1.01. The highest BCUT2D eigenvalue weighted by atomic mass is 32.2. The van der Waals surface area contributed by atoms with E-state index in [2.05, 4.69) is 9.97 Å². The fourth-order valence-corrected chi connectivity index (χ4v) is 5.95. The number of sulfonamides is 1. The lowest BCUT2D eigenvalue weighted by Gasteiger charge is -2.36. The summed E-state index contributed by atoms with van der Waals surface area (Å²) >= 11 is 0. The molecular formula is C16H17N3O5S. The summed E-state index contributed by atoms with van der Waals surface area (Å²) in [6.07, 6.45) is 1.57. The zero-order chi connectivity index (χ0) is 17.9. The molecule has 2 aliphatic heterocycles. The molecule has 8 nitrogen and oxygen atoms in total. The van der Waals surface area contributed by atoms with Crippen molar-refractivity contribution in [1.82, 2.24) is 14.3 Å². The number of nitrogens with zero attached hydrogens (tertiary/aromatic N) is 1. The zero-order valence-electron chi connectivity index (χ0n) is 13.5. The minimum absolute atomic E-state index is 0.00371. The van der Waals surface area contributed by atoms with E-state index >= 15 is 0 Å². The third kappa shape index (κ3) is 2.37. The van der Waals surface area contributed by atoms with Crippen LogP contribution in [-0.2, 0) is 14.8 Å². The van der Waals surface area contributed by atoms with Gasteiger partial charge in [-0.15, -0.1) is 0 Å². The summed E-state index contributed by atoms with van der Waals surface area (Å²) in [4.78, 5) is 39.9. The summed E-state index contributed by atoms with van der Waals surface area (Å²) in [6.45, 7) is 1.77. The fourth-order valence-electron chi connectivity index (χ4n) is 3.98. The molecule has 9 heteroatoms. The van der Waals surface area contributed by atoms with Crippen molar-refractivity contribution < 1.29 is 13.2 Å². The van der Waals surface area contributed by atoms with Gasteiger partial charge in [0.2, 0.25) is 10.0 Å². The molecule has 2 fully saturated rings. The second-order valence-electron chi connectivity index (χ2n) is 6.71. The Morgan fingerprint density at radius 2 is 1.88 bits per heavy atom. The molecule has 25 heavy (non-hydrogen) atoms. The number of fused-ring (bicyclic) bond motifs is 3. The van der Waals surface area contributed by atoms with Crippen molar-refractivity contribution in [2.75, 3.05) is 0 Å². The van der Waals surface area contributed by atoms with E-state index in [1.165, 1.54) is 22.5 Å². The van der Waals surface area contributed by atoms with E-state index in [0.29, 0.717) is 12.8 Å². The van der Waals surface area contributed by atoms with Crippen molar-refractivity contribution >= 4 is 26.7 Å². The van der Waals surface area contributed by atoms with Crippen LogP contribution in [0.1, 0.15) is 26.2 Å². The van der Waals surface area contributed by atoms with Crippen molar-refractivity contribution in [2.45, 2.75) is 43.2 Å². The average molecular weight is 363 g/mol. The van der Waals surface area contributed by atoms with Gasteiger partial charge in [0.1, 0.15) is 5.78 Å². The normalized spacial score (nSPS) is 27.1. The molecule has 0 saturated carbocycles. The average Bonchev–Trinajstić information content (AvgIpc) is 2.91. The molecular weight excluding hydrogens is 346 g/mol. The summed E-state index contributed by atoms with van der Waals surface area (Å²) < 4.78 is 27.7. The Hall–Kier alpha value is -2.26. The fraction of sp³-hybridized carbons (Fsp3) is 0.438. The molecule has 0 aliphatic carbocycles. The molecule has 3 heterocycles. The summed E-state index contributed by atoms with van der Waals surface area (Å²) in [5.74, 6) is -0.222. The minimum atomic E-state index is -3.84. The number of hydrogen-bond donors (Lipinski definition) is 2. The second-order valence-corrected chi connectivity index (χ2v) is 8.55. The van der Waals surface area contributed by atoms with E-state index in [4.69, 9.17) is 0 Å². The highest BCUT2D eigenvalue weighted by Crippen LogP contribution is 2.41. The number of carbonyl (C=O) groups excluding carboxylic acids is 1. The Morgan fingerprint density at radius 3 is 2.64 bits per heavy atom. The maximum Gasteiger partial charge on any atom is 0.326 e. The topological polar surface area (TPSA) is 120 Å². The lowest BCUT2D eigenvalue weighted by Crippen LogP contribution is -2.50. The summed E-state index contributed by atoms with van der Waals surface area (Å²) in [7, 11) is -3.84. The molecule has 0 spiro atoms. The first-order chi connectivity index (χ1) is 11.8. The molecule has 1 aromatic carbocycles. The van der Waals surface area contributed by atoms with Gasteiger partial charge < -0.3 is 4.98 Å². The predicted molar refractivity (Wildman–Crippen MR) is 89.8 cm³/mol. The Balaban J connectivity index is 1.84. The smallest absolute Gasteiger partial charge is 0.307 e. The standard InChI is InChI=1S/C16H17N3O5S/c1-8-13-5-2-9(6-14(8)20)19(13)25(23,24)10-3-4-12-11(7-10)15(21)18-16(22)17-12/h3-4,7-9,13H,2,5-6H2,1H3,(H2,17,18,21,22). The van der Waals surface area contributed by atoms with Gasteiger partial charge >= 0.3 is 5.69 Å². The number of aromatic nitrogens is 2. The predicted octanol–water partition coefficient (Wildman–Crippen LogP) is 0.347. The van der Waals surface area contributed by atoms with Crippen LogP contribution in [0.2, 0.25) is 0 Å². The van der Waals surface area contributed by atoms with Crippen molar-refractivity contribution in [3.05, 3.63) is 39.0 Å². The van der Waals surface area contributed by atoms with Crippen LogP contribution in [0.15, 0.2) is 32.7 Å². The number of Topliss-reactive ketones (excluding diaryl/α,β-unsaturated/α-hetero) is 1. The molecule has 2 bridgehead atoms. The van der Waals surface area contributed by atoms with Crippen LogP contribution < -0.4 is 11.2 Å². The molecule has 3 atom stereocenters. The van der Waals surface area contributed by atoms with E-state index < -0.39 is 21.3 Å². The number of carbonyl (C=O) groups is 1. The van der Waals surface area contributed by atoms with Crippen molar-refractivity contribution in [1.29, 1.82) is 0 Å². The van der Waals surface area contributed by atoms with Crippen LogP contribution >= 0.6 is 0 Å². The molecule has 0 amide bonds. The van der Waals surface area contributed by atoms with Gasteiger partial charge in [0.15, 0.2) is 0 Å². The lowest BCUT2D eigenvalue weighted by atomic mass is 9.93. The number of aromatic amines is 2. The summed E-state index contributed by atoms with van der Waals surface area (Å²) in [5, 5.41) is 0.106. The van der Waals surface area contributed by atoms with Gasteiger partial charge in [-0.2, -0.15) is 4.31 Å². The maximum absolute atomic E-state index is 13.2. The van der Waals surface area contributed by atoms with Gasteiger partial charge in [0.25, 0.3) is 5.56 Å². The Bertz CT molecular complexity index is 1100. The van der Waals surface area contributed by atoms with E-state index in [9.17, 15) is 22.8 Å². The Morgan fingerprint density at radius 1 is 1.12 bits per heavy atom. The molecule has 2 N–H and O–H groups in total. The molecule has 0 radical (unpaired) electrons. The number of ketones is 1. The molecule has 2 aromatic rings. The van der Waals surface area contributed by atoms with Crippen molar-refractivity contribution in [2.24, 2.45) is 5.92 Å². The van der Waals surface area contributed by atoms with Gasteiger partial charge in [-0.3, -0.25) is 14.6 Å². The number of benzene rings is 1. The first-order valence-electron chi connectivity index (χ1n) is 8.11. The molecule has 2 aliphatic rings. The van der Waals surface area contributed by atoms with Gasteiger partial charge in [0, 0.05) is 24.4 Å².